The first-order valence-corrected chi connectivity index (χ1v) is 6.54. The molecule has 0 saturated carbocycles. The summed E-state index contributed by atoms with van der Waals surface area (Å²) in [5.74, 6) is 0. The minimum absolute atomic E-state index is 0.364. The molecule has 7 heteroatoms. The van der Waals surface area contributed by atoms with Gasteiger partial charge in [-0.25, -0.2) is 0 Å². The van der Waals surface area contributed by atoms with Gasteiger partial charge in [-0.3, -0.25) is 5.41 Å². The van der Waals surface area contributed by atoms with Gasteiger partial charge in [0, 0.05) is 31.8 Å². The first kappa shape index (κ1) is 15.6. The van der Waals surface area contributed by atoms with Crippen LogP contribution in [0.5, 0.6) is 0 Å². The molecule has 0 heterocycles. The molecule has 0 saturated heterocycles. The molecule has 5 nitrogen and oxygen atoms in total. The van der Waals surface area contributed by atoms with Crippen LogP contribution in [0.4, 0.5) is 0 Å². The third kappa shape index (κ3) is 5.59. The van der Waals surface area contributed by atoms with Crippen molar-refractivity contribution in [1.29, 1.82) is 10.8 Å². The van der Waals surface area contributed by atoms with Gasteiger partial charge in [0.1, 0.15) is 3.72 Å². The highest BCUT2D eigenvalue weighted by Crippen LogP contribution is 2.13. The van der Waals surface area contributed by atoms with E-state index in [2.05, 4.69) is 31.8 Å². The van der Waals surface area contributed by atoms with Crippen LogP contribution < -0.4 is 10.7 Å². The highest BCUT2D eigenvalue weighted by atomic mass is 127. The van der Waals surface area contributed by atoms with Crippen molar-refractivity contribution < 1.29 is 0 Å². The average Bonchev–Trinajstić information content (AvgIpc) is 2.24. The molecule has 90 valence electrons. The molecular weight excluding hydrogens is 385 g/mol. The van der Waals surface area contributed by atoms with Gasteiger partial charge in [0.25, 0.3) is 0 Å². The van der Waals surface area contributed by atoms with Gasteiger partial charge in [-0.05, 0) is 45.4 Å². The van der Waals surface area contributed by atoms with Crippen LogP contribution in [0.1, 0.15) is 13.3 Å². The van der Waals surface area contributed by atoms with E-state index in [9.17, 15) is 0 Å². The van der Waals surface area contributed by atoms with Crippen molar-refractivity contribution in [2.45, 2.75) is 13.3 Å². The zero-order valence-electron chi connectivity index (χ0n) is 9.19. The van der Waals surface area contributed by atoms with Crippen molar-refractivity contribution in [3.63, 3.8) is 0 Å². The monoisotopic (exact) mass is 399 g/mol. The van der Waals surface area contributed by atoms with E-state index in [1.165, 1.54) is 6.21 Å². The molecule has 0 unspecified atom stereocenters. The lowest BCUT2D eigenvalue weighted by atomic mass is 10.1. The van der Waals surface area contributed by atoms with Crippen LogP contribution in [0, 0.1) is 10.8 Å². The van der Waals surface area contributed by atoms with Gasteiger partial charge in [0.2, 0.25) is 0 Å². The van der Waals surface area contributed by atoms with E-state index in [1.54, 1.807) is 7.05 Å². The summed E-state index contributed by atoms with van der Waals surface area (Å²) in [4.78, 5) is 0. The van der Waals surface area contributed by atoms with Gasteiger partial charge in [0.15, 0.2) is 0 Å². The predicted molar refractivity (Wildman–Crippen MR) is 81.3 cm³/mol. The van der Waals surface area contributed by atoms with Gasteiger partial charge in [-0.2, -0.15) is 5.10 Å². The van der Waals surface area contributed by atoms with Crippen LogP contribution in [-0.4, -0.2) is 29.2 Å². The molecule has 0 aliphatic heterocycles. The summed E-state index contributed by atoms with van der Waals surface area (Å²) >= 11 is 5.26. The molecule has 0 aromatic rings. The molecule has 0 aliphatic carbocycles. The highest BCUT2D eigenvalue weighted by Gasteiger charge is 2.09. The quantitative estimate of drug-likeness (QED) is 0.229. The van der Waals surface area contributed by atoms with E-state index in [-0.39, 0.29) is 0 Å². The van der Waals surface area contributed by atoms with Crippen molar-refractivity contribution >= 4 is 54.2 Å². The predicted octanol–water partition coefficient (Wildman–Crippen LogP) is 2.23. The minimum atomic E-state index is 0.364. The number of hydrazone groups is 1. The van der Waals surface area contributed by atoms with Gasteiger partial charge in [0.05, 0.1) is 10.3 Å². The summed E-state index contributed by atoms with van der Waals surface area (Å²) in [6, 6.07) is 0. The van der Waals surface area contributed by atoms with E-state index in [4.69, 9.17) is 10.8 Å². The molecule has 0 aliphatic rings. The molecular formula is C9H15BrIN5. The van der Waals surface area contributed by atoms with Crippen LogP contribution in [0.15, 0.2) is 15.3 Å². The molecule has 0 atom stereocenters. The molecule has 0 spiro atoms. The lowest BCUT2D eigenvalue weighted by Crippen LogP contribution is -2.16. The van der Waals surface area contributed by atoms with Crippen molar-refractivity contribution in [2.75, 3.05) is 13.6 Å². The summed E-state index contributed by atoms with van der Waals surface area (Å²) in [5.41, 5.74) is 4.03. The normalized spacial score (nSPS) is 12.9. The zero-order chi connectivity index (χ0) is 12.6. The fourth-order valence-corrected chi connectivity index (χ4v) is 1.79. The van der Waals surface area contributed by atoms with Crippen LogP contribution in [0.2, 0.25) is 0 Å². The van der Waals surface area contributed by atoms with E-state index in [0.29, 0.717) is 15.9 Å². The third-order valence-corrected chi connectivity index (χ3v) is 3.06. The Morgan fingerprint density at radius 2 is 2.19 bits per heavy atom. The third-order valence-electron chi connectivity index (χ3n) is 1.65. The van der Waals surface area contributed by atoms with Crippen molar-refractivity contribution in [3.8, 4) is 0 Å². The van der Waals surface area contributed by atoms with E-state index in [1.807, 2.05) is 29.5 Å². The van der Waals surface area contributed by atoms with Crippen molar-refractivity contribution in [3.05, 3.63) is 10.2 Å². The number of nitrogens with zero attached hydrogens (tertiary/aromatic N) is 1. The molecule has 4 N–H and O–H groups in total. The number of hydrogen-bond acceptors (Lipinski definition) is 5. The maximum absolute atomic E-state index is 7.55. The second-order valence-electron chi connectivity index (χ2n) is 2.79. The summed E-state index contributed by atoms with van der Waals surface area (Å²) < 4.78 is 1.13. The van der Waals surface area contributed by atoms with Gasteiger partial charge in [-0.1, -0.05) is 0 Å². The smallest absolute Gasteiger partial charge is 0.116 e. The van der Waals surface area contributed by atoms with Gasteiger partial charge in [-0.15, -0.1) is 0 Å². The second-order valence-corrected chi connectivity index (χ2v) is 4.66. The molecule has 0 aromatic carbocycles. The second kappa shape index (κ2) is 8.68. The number of halogens is 2. The Kier molecular flexibility index (Phi) is 8.44. The Morgan fingerprint density at radius 3 is 2.56 bits per heavy atom. The van der Waals surface area contributed by atoms with Crippen LogP contribution in [0.3, 0.4) is 0 Å². The number of allylic oxidation sites excluding steroid dienone is 1. The van der Waals surface area contributed by atoms with Crippen LogP contribution in [-0.2, 0) is 0 Å². The van der Waals surface area contributed by atoms with E-state index < -0.39 is 0 Å². The Hall–Kier alpha value is -0.440. The zero-order valence-corrected chi connectivity index (χ0v) is 12.9. The fraction of sp³-hybridized carbons (Fsp3) is 0.444. The first-order valence-electron chi connectivity index (χ1n) is 4.67. The Balaban J connectivity index is 4.89. The maximum Gasteiger partial charge on any atom is 0.116 e. The first-order chi connectivity index (χ1) is 7.56. The van der Waals surface area contributed by atoms with Crippen molar-refractivity contribution in [2.24, 2.45) is 5.10 Å². The number of rotatable bonds is 7. The molecule has 0 fully saturated rings. The Bertz CT molecular complexity index is 324. The standard InChI is InChI=1S/C9H15BrIN5/c1-3-15-8(10)6(5-12)4-7(9(11)13)16-14-2/h5,12-15H,3-4H2,1-2H3/b8-6-,12-5?,13-9?,16-7-. The summed E-state index contributed by atoms with van der Waals surface area (Å²) in [7, 11) is 1.69. The molecule has 0 rings (SSSR count). The lowest BCUT2D eigenvalue weighted by Gasteiger charge is -2.08. The average molecular weight is 400 g/mol. The lowest BCUT2D eigenvalue weighted by molar-refractivity contribution is 0.890. The molecule has 0 radical (unpaired) electrons. The maximum atomic E-state index is 7.55. The Labute approximate surface area is 117 Å². The van der Waals surface area contributed by atoms with Crippen LogP contribution in [0.25, 0.3) is 0 Å². The molecule has 0 amide bonds. The van der Waals surface area contributed by atoms with Gasteiger partial charge >= 0.3 is 0 Å². The van der Waals surface area contributed by atoms with Crippen molar-refractivity contribution in [1.82, 2.24) is 10.7 Å². The molecule has 0 aromatic heterocycles. The fourth-order valence-electron chi connectivity index (χ4n) is 0.942. The topological polar surface area (TPSA) is 84.1 Å². The molecule has 0 bridgehead atoms. The van der Waals surface area contributed by atoms with E-state index >= 15 is 0 Å². The molecule has 16 heavy (non-hydrogen) atoms. The minimum Gasteiger partial charge on any atom is -0.379 e. The number of hydrogen-bond donors (Lipinski definition) is 4. The van der Waals surface area contributed by atoms with Crippen LogP contribution >= 0.6 is 38.5 Å². The number of nitrogens with one attached hydrogen (secondary N) is 4. The van der Waals surface area contributed by atoms with E-state index in [0.717, 1.165) is 16.7 Å². The summed E-state index contributed by atoms with van der Waals surface area (Å²) in [6.07, 6.45) is 1.71. The van der Waals surface area contributed by atoms with Gasteiger partial charge < -0.3 is 16.2 Å². The highest BCUT2D eigenvalue weighted by molar-refractivity contribution is 14.1. The summed E-state index contributed by atoms with van der Waals surface area (Å²) in [6.45, 7) is 2.75. The SMILES string of the molecule is CCN/C(Br)=C(\C=N)C/C(=N/NC)C(=N)I. The Morgan fingerprint density at radius 1 is 1.56 bits per heavy atom. The largest absolute Gasteiger partial charge is 0.379 e. The summed E-state index contributed by atoms with van der Waals surface area (Å²) in [5, 5.41) is 22.0.